The standard InChI is InChI=1S/C14H16ClN3O2.C14H16ClN3O/c1-3-17(14(19)18-10-12(15)8-16-18)9-11-4-6-13(20-2)7-5-11;1-3-17(10-12-6-4-5-7-13(12)15)14(19)18-9-11(2)8-16-18/h4-8,10H,3,9H2,1-2H3;4-9H,3,10H2,1-2H3. The zero-order valence-corrected chi connectivity index (χ0v) is 23.9. The van der Waals surface area contributed by atoms with Crippen LogP contribution in [0.25, 0.3) is 0 Å². The molecule has 11 heteroatoms. The van der Waals surface area contributed by atoms with Gasteiger partial charge >= 0.3 is 12.1 Å². The Morgan fingerprint density at radius 1 is 0.846 bits per heavy atom. The van der Waals surface area contributed by atoms with Crippen molar-refractivity contribution in [3.63, 3.8) is 0 Å². The maximum absolute atomic E-state index is 12.3. The lowest BCUT2D eigenvalue weighted by atomic mass is 10.2. The predicted molar refractivity (Wildman–Crippen MR) is 152 cm³/mol. The molecule has 0 aliphatic carbocycles. The number of methoxy groups -OCH3 is 1. The zero-order chi connectivity index (χ0) is 28.4. The summed E-state index contributed by atoms with van der Waals surface area (Å²) in [7, 11) is 1.62. The maximum Gasteiger partial charge on any atom is 0.344 e. The third-order valence-electron chi connectivity index (χ3n) is 5.81. The molecule has 206 valence electrons. The molecule has 9 nitrogen and oxygen atoms in total. The first kappa shape index (κ1) is 29.7. The van der Waals surface area contributed by atoms with Crippen LogP contribution < -0.4 is 4.74 Å². The Balaban J connectivity index is 0.000000216. The van der Waals surface area contributed by atoms with Crippen molar-refractivity contribution in [1.82, 2.24) is 29.4 Å². The number of amides is 2. The van der Waals surface area contributed by atoms with Gasteiger partial charge in [0.1, 0.15) is 5.75 Å². The van der Waals surface area contributed by atoms with Gasteiger partial charge in [-0.05, 0) is 55.7 Å². The van der Waals surface area contributed by atoms with E-state index in [9.17, 15) is 9.59 Å². The van der Waals surface area contributed by atoms with E-state index in [0.717, 1.165) is 22.4 Å². The second kappa shape index (κ2) is 14.4. The molecule has 0 fully saturated rings. The number of hydrogen-bond acceptors (Lipinski definition) is 5. The first-order valence-corrected chi connectivity index (χ1v) is 13.2. The summed E-state index contributed by atoms with van der Waals surface area (Å²) in [5.41, 5.74) is 2.92. The molecular weight excluding hydrogens is 539 g/mol. The van der Waals surface area contributed by atoms with Crippen molar-refractivity contribution < 1.29 is 14.3 Å². The van der Waals surface area contributed by atoms with E-state index in [2.05, 4.69) is 10.2 Å². The molecule has 4 rings (SSSR count). The molecule has 0 bridgehead atoms. The summed E-state index contributed by atoms with van der Waals surface area (Å²) in [4.78, 5) is 27.9. The van der Waals surface area contributed by atoms with Gasteiger partial charge < -0.3 is 14.5 Å². The highest BCUT2D eigenvalue weighted by molar-refractivity contribution is 6.31. The van der Waals surface area contributed by atoms with E-state index in [0.29, 0.717) is 36.2 Å². The topological polar surface area (TPSA) is 85.5 Å². The lowest BCUT2D eigenvalue weighted by Gasteiger charge is -2.21. The number of aromatic nitrogens is 4. The lowest BCUT2D eigenvalue weighted by Crippen LogP contribution is -2.34. The van der Waals surface area contributed by atoms with Crippen LogP contribution in [0.5, 0.6) is 5.75 Å². The highest BCUT2D eigenvalue weighted by atomic mass is 35.5. The van der Waals surface area contributed by atoms with Crippen LogP contribution in [-0.2, 0) is 13.1 Å². The summed E-state index contributed by atoms with van der Waals surface area (Å²) in [6, 6.07) is 14.8. The van der Waals surface area contributed by atoms with Gasteiger partial charge in [-0.3, -0.25) is 0 Å². The molecule has 0 spiro atoms. The number of nitrogens with zero attached hydrogens (tertiary/aromatic N) is 6. The normalized spacial score (nSPS) is 10.4. The minimum Gasteiger partial charge on any atom is -0.497 e. The van der Waals surface area contributed by atoms with Crippen molar-refractivity contribution in [3.8, 4) is 5.75 Å². The first-order valence-electron chi connectivity index (χ1n) is 12.4. The van der Waals surface area contributed by atoms with E-state index in [1.807, 2.05) is 69.3 Å². The molecule has 0 N–H and O–H groups in total. The summed E-state index contributed by atoms with van der Waals surface area (Å²) >= 11 is 11.9. The average molecular weight is 572 g/mol. The summed E-state index contributed by atoms with van der Waals surface area (Å²) < 4.78 is 7.71. The van der Waals surface area contributed by atoms with Crippen molar-refractivity contribution in [3.05, 3.63) is 100 Å². The van der Waals surface area contributed by atoms with E-state index in [1.54, 1.807) is 29.3 Å². The molecule has 0 aliphatic heterocycles. The molecule has 0 saturated carbocycles. The van der Waals surface area contributed by atoms with Crippen LogP contribution in [-0.4, -0.2) is 61.6 Å². The fraction of sp³-hybridized carbons (Fsp3) is 0.286. The van der Waals surface area contributed by atoms with E-state index in [4.69, 9.17) is 27.9 Å². The molecular formula is C28H32Cl2N6O3. The van der Waals surface area contributed by atoms with Crippen molar-refractivity contribution >= 4 is 35.3 Å². The SMILES string of the molecule is CCN(Cc1ccc(OC)cc1)C(=O)n1cc(Cl)cn1.CCN(Cc1ccccc1Cl)C(=O)n1cc(C)cn1. The summed E-state index contributed by atoms with van der Waals surface area (Å²) in [5.74, 6) is 0.794. The Labute approximate surface area is 238 Å². The summed E-state index contributed by atoms with van der Waals surface area (Å²) in [5, 5.41) is 9.08. The van der Waals surface area contributed by atoms with Gasteiger partial charge in [-0.1, -0.05) is 53.5 Å². The monoisotopic (exact) mass is 570 g/mol. The van der Waals surface area contributed by atoms with E-state index < -0.39 is 0 Å². The fourth-order valence-electron chi connectivity index (χ4n) is 3.63. The predicted octanol–water partition coefficient (Wildman–Crippen LogP) is 6.37. The number of ether oxygens (including phenoxy) is 1. The number of carbonyl (C=O) groups is 2. The van der Waals surface area contributed by atoms with E-state index in [-0.39, 0.29) is 12.1 Å². The van der Waals surface area contributed by atoms with Crippen LogP contribution in [0.1, 0.15) is 30.5 Å². The van der Waals surface area contributed by atoms with Gasteiger partial charge in [-0.15, -0.1) is 0 Å². The third-order valence-corrected chi connectivity index (χ3v) is 6.37. The second-order valence-electron chi connectivity index (χ2n) is 8.60. The number of benzene rings is 2. The van der Waals surface area contributed by atoms with Crippen LogP contribution in [0.2, 0.25) is 10.0 Å². The minimum absolute atomic E-state index is 0.143. The molecule has 0 aliphatic rings. The first-order chi connectivity index (χ1) is 18.7. The van der Waals surface area contributed by atoms with E-state index in [1.165, 1.54) is 21.8 Å². The molecule has 39 heavy (non-hydrogen) atoms. The van der Waals surface area contributed by atoms with Gasteiger partial charge in [0.05, 0.1) is 30.7 Å². The van der Waals surface area contributed by atoms with E-state index >= 15 is 0 Å². The average Bonchev–Trinajstić information content (AvgIpc) is 3.59. The minimum atomic E-state index is -0.199. The molecule has 0 saturated heterocycles. The van der Waals surface area contributed by atoms with Gasteiger partial charge in [-0.25, -0.2) is 9.59 Å². The van der Waals surface area contributed by atoms with Crippen LogP contribution in [0, 0.1) is 6.92 Å². The van der Waals surface area contributed by atoms with Gasteiger partial charge in [0.2, 0.25) is 0 Å². The summed E-state index contributed by atoms with van der Waals surface area (Å²) in [6.45, 7) is 7.94. The Morgan fingerprint density at radius 2 is 1.44 bits per heavy atom. The highest BCUT2D eigenvalue weighted by Gasteiger charge is 2.17. The van der Waals surface area contributed by atoms with Crippen molar-refractivity contribution in [2.75, 3.05) is 20.2 Å². The van der Waals surface area contributed by atoms with Crippen LogP contribution in [0.4, 0.5) is 9.59 Å². The molecule has 4 aromatic rings. The molecule has 0 radical (unpaired) electrons. The molecule has 2 aromatic heterocycles. The van der Waals surface area contributed by atoms with Gasteiger partial charge in [-0.2, -0.15) is 19.6 Å². The lowest BCUT2D eigenvalue weighted by molar-refractivity contribution is 0.196. The smallest absolute Gasteiger partial charge is 0.344 e. The zero-order valence-electron chi connectivity index (χ0n) is 22.4. The highest BCUT2D eigenvalue weighted by Crippen LogP contribution is 2.18. The Morgan fingerprint density at radius 3 is 1.95 bits per heavy atom. The van der Waals surface area contributed by atoms with Gasteiger partial charge in [0.15, 0.2) is 0 Å². The Hall–Kier alpha value is -3.82. The number of carbonyl (C=O) groups excluding carboxylic acids is 2. The summed E-state index contributed by atoms with van der Waals surface area (Å²) in [6.07, 6.45) is 6.33. The molecule has 2 amide bonds. The molecule has 0 atom stereocenters. The van der Waals surface area contributed by atoms with Gasteiger partial charge in [0, 0.05) is 37.4 Å². The Bertz CT molecular complexity index is 1370. The second-order valence-corrected chi connectivity index (χ2v) is 9.44. The maximum atomic E-state index is 12.3. The van der Waals surface area contributed by atoms with Crippen molar-refractivity contribution in [1.29, 1.82) is 0 Å². The number of aryl methyl sites for hydroxylation is 1. The third kappa shape index (κ3) is 8.33. The number of hydrogen-bond donors (Lipinski definition) is 0. The van der Waals surface area contributed by atoms with Crippen molar-refractivity contribution in [2.45, 2.75) is 33.9 Å². The number of halogens is 2. The molecule has 2 heterocycles. The molecule has 2 aromatic carbocycles. The largest absolute Gasteiger partial charge is 0.497 e. The quantitative estimate of drug-likeness (QED) is 0.257. The molecule has 0 unspecified atom stereocenters. The van der Waals surface area contributed by atoms with Crippen LogP contribution in [0.3, 0.4) is 0 Å². The van der Waals surface area contributed by atoms with Gasteiger partial charge in [0.25, 0.3) is 0 Å². The van der Waals surface area contributed by atoms with Crippen LogP contribution in [0.15, 0.2) is 73.3 Å². The fourth-order valence-corrected chi connectivity index (χ4v) is 3.96. The Kier molecular flexibility index (Phi) is 11.0. The number of rotatable bonds is 7. The van der Waals surface area contributed by atoms with Crippen molar-refractivity contribution in [2.24, 2.45) is 0 Å². The van der Waals surface area contributed by atoms with Crippen LogP contribution >= 0.6 is 23.2 Å².